The van der Waals surface area contributed by atoms with E-state index in [1.165, 1.54) is 85.3 Å². The average molecular weight is 737 g/mol. The lowest BCUT2D eigenvalue weighted by molar-refractivity contribution is 0.740. The maximum Gasteiger partial charge on any atom is -0.0149 e. The number of allylic oxidation sites excluding steroid dienone is 4. The summed E-state index contributed by atoms with van der Waals surface area (Å²) in [6.45, 7) is 17.2. The second kappa shape index (κ2) is 23.5. The van der Waals surface area contributed by atoms with E-state index in [4.69, 9.17) is 0 Å². The molecular formula is C56H64. The molecule has 0 nitrogen and oxygen atoms in total. The molecule has 0 heteroatoms. The highest BCUT2D eigenvalue weighted by Gasteiger charge is 2.10. The molecule has 0 saturated carbocycles. The Balaban J connectivity index is 0.000000192. The highest BCUT2D eigenvalue weighted by atomic mass is 14.1. The van der Waals surface area contributed by atoms with Crippen LogP contribution in [0.1, 0.15) is 100 Å². The van der Waals surface area contributed by atoms with Gasteiger partial charge in [0.1, 0.15) is 0 Å². The third-order valence-corrected chi connectivity index (χ3v) is 10.4. The fourth-order valence-corrected chi connectivity index (χ4v) is 6.83. The second-order valence-corrected chi connectivity index (χ2v) is 14.7. The van der Waals surface area contributed by atoms with Gasteiger partial charge in [0.15, 0.2) is 0 Å². The molecule has 0 saturated heterocycles. The first-order valence-corrected chi connectivity index (χ1v) is 20.8. The molecule has 2 atom stereocenters. The molecule has 8 rings (SSSR count). The molecule has 7 aromatic rings. The van der Waals surface area contributed by atoms with Gasteiger partial charge < -0.3 is 0 Å². The predicted octanol–water partition coefficient (Wildman–Crippen LogP) is 16.8. The number of aryl methyl sites for hydroxylation is 2. The topological polar surface area (TPSA) is 0 Å². The molecule has 0 heterocycles. The molecule has 56 heavy (non-hydrogen) atoms. The van der Waals surface area contributed by atoms with Crippen molar-refractivity contribution in [1.29, 1.82) is 0 Å². The molecule has 1 aliphatic rings. The van der Waals surface area contributed by atoms with Crippen LogP contribution in [0, 0.1) is 13.8 Å². The van der Waals surface area contributed by atoms with Crippen LogP contribution in [0.25, 0.3) is 32.7 Å². The van der Waals surface area contributed by atoms with E-state index in [9.17, 15) is 0 Å². The van der Waals surface area contributed by atoms with Crippen molar-refractivity contribution in [2.75, 3.05) is 0 Å². The number of rotatable bonds is 6. The van der Waals surface area contributed by atoms with Crippen molar-refractivity contribution in [3.8, 4) is 11.1 Å². The smallest absolute Gasteiger partial charge is 0.0149 e. The zero-order valence-corrected chi connectivity index (χ0v) is 35.3. The first-order valence-electron chi connectivity index (χ1n) is 20.8. The summed E-state index contributed by atoms with van der Waals surface area (Å²) >= 11 is 0. The monoisotopic (exact) mass is 737 g/mol. The Labute approximate surface area is 339 Å². The first kappa shape index (κ1) is 43.3. The van der Waals surface area contributed by atoms with E-state index in [1.54, 1.807) is 0 Å². The minimum absolute atomic E-state index is 0.493. The molecule has 0 aliphatic heterocycles. The predicted molar refractivity (Wildman–Crippen MR) is 250 cm³/mol. The van der Waals surface area contributed by atoms with Crippen molar-refractivity contribution in [2.24, 2.45) is 0 Å². The molecule has 0 N–H and O–H groups in total. The highest BCUT2D eigenvalue weighted by molar-refractivity contribution is 5.86. The van der Waals surface area contributed by atoms with E-state index < -0.39 is 0 Å². The molecule has 0 amide bonds. The molecule has 0 fully saturated rings. The van der Waals surface area contributed by atoms with Gasteiger partial charge in [0.25, 0.3) is 0 Å². The fourth-order valence-electron chi connectivity index (χ4n) is 6.83. The Bertz CT molecular complexity index is 2210. The summed E-state index contributed by atoms with van der Waals surface area (Å²) in [6, 6.07) is 58.6. The lowest BCUT2D eigenvalue weighted by Crippen LogP contribution is -1.99. The molecule has 7 aromatic carbocycles. The van der Waals surface area contributed by atoms with Crippen LogP contribution in [0.3, 0.4) is 0 Å². The van der Waals surface area contributed by atoms with Gasteiger partial charge in [-0.25, -0.2) is 0 Å². The molecule has 2 unspecified atom stereocenters. The number of fused-ring (bicyclic) bond motifs is 2. The number of benzene rings is 7. The number of hydrogen-bond donors (Lipinski definition) is 0. The zero-order valence-electron chi connectivity index (χ0n) is 35.3. The summed E-state index contributed by atoms with van der Waals surface area (Å²) < 4.78 is 0. The van der Waals surface area contributed by atoms with Gasteiger partial charge in [0.2, 0.25) is 0 Å². The molecule has 0 radical (unpaired) electrons. The van der Waals surface area contributed by atoms with Crippen LogP contribution < -0.4 is 0 Å². The van der Waals surface area contributed by atoms with Crippen molar-refractivity contribution in [2.45, 2.75) is 92.9 Å². The standard InChI is InChI=1S/C26H24.C14H16.C7H10.C7H8.C2H6/c1-19-10-12-22(13-11-19)23-16-14-21(15-17-23)20(2)18-25-8-5-7-24-6-3-4-9-26(24)25;1-3-11(2)13-10-6-8-12-7-4-5-9-14(12)13;2*1-7-5-3-2-4-6-7;1-2/h3-17,20H,18H2,1-2H3;4-11H,3H2,1-2H3;2-3,5H,4,6H2,1H3;2-6H,1H3;1-2H3. The van der Waals surface area contributed by atoms with Crippen LogP contribution in [0.15, 0.2) is 188 Å². The summed E-state index contributed by atoms with van der Waals surface area (Å²) in [4.78, 5) is 0. The van der Waals surface area contributed by atoms with Crippen LogP contribution in [-0.4, -0.2) is 0 Å². The fraction of sp³-hybridized carbons (Fsp3) is 0.250. The maximum absolute atomic E-state index is 2.32. The SMILES string of the molecule is CC.CC1=CC=CCC1.CCC(C)c1cccc2ccccc12.Cc1ccc(-c2ccc(C(C)Cc3cccc4ccccc34)cc2)cc1.Cc1ccccc1. The maximum atomic E-state index is 2.32. The summed E-state index contributed by atoms with van der Waals surface area (Å²) in [5, 5.41) is 5.46. The lowest BCUT2D eigenvalue weighted by Gasteiger charge is -2.15. The molecule has 1 aliphatic carbocycles. The van der Waals surface area contributed by atoms with E-state index >= 15 is 0 Å². The van der Waals surface area contributed by atoms with Crippen molar-refractivity contribution in [3.63, 3.8) is 0 Å². The van der Waals surface area contributed by atoms with Gasteiger partial charge >= 0.3 is 0 Å². The van der Waals surface area contributed by atoms with Crippen LogP contribution in [0.4, 0.5) is 0 Å². The highest BCUT2D eigenvalue weighted by Crippen LogP contribution is 2.29. The Morgan fingerprint density at radius 2 is 1.02 bits per heavy atom. The lowest BCUT2D eigenvalue weighted by atomic mass is 9.90. The minimum atomic E-state index is 0.493. The summed E-state index contributed by atoms with van der Waals surface area (Å²) in [7, 11) is 0. The van der Waals surface area contributed by atoms with Gasteiger partial charge in [0.05, 0.1) is 0 Å². The van der Waals surface area contributed by atoms with Gasteiger partial charge in [0, 0.05) is 0 Å². The van der Waals surface area contributed by atoms with Crippen molar-refractivity contribution in [3.05, 3.63) is 215 Å². The quantitative estimate of drug-likeness (QED) is 0.159. The Morgan fingerprint density at radius 1 is 0.500 bits per heavy atom. The zero-order chi connectivity index (χ0) is 40.1. The Kier molecular flexibility index (Phi) is 18.1. The third-order valence-electron chi connectivity index (χ3n) is 10.4. The van der Waals surface area contributed by atoms with Gasteiger partial charge in [-0.2, -0.15) is 0 Å². The van der Waals surface area contributed by atoms with Gasteiger partial charge in [-0.15, -0.1) is 0 Å². The van der Waals surface area contributed by atoms with Crippen LogP contribution >= 0.6 is 0 Å². The third kappa shape index (κ3) is 13.4. The second-order valence-electron chi connectivity index (χ2n) is 14.7. The Morgan fingerprint density at radius 3 is 1.55 bits per heavy atom. The summed E-state index contributed by atoms with van der Waals surface area (Å²) in [5.41, 5.74) is 11.0. The molecule has 0 aromatic heterocycles. The van der Waals surface area contributed by atoms with Gasteiger partial charge in [-0.3, -0.25) is 0 Å². The minimum Gasteiger partial charge on any atom is -0.0842 e. The summed E-state index contributed by atoms with van der Waals surface area (Å²) in [5.74, 6) is 1.15. The largest absolute Gasteiger partial charge is 0.0842 e. The normalized spacial score (nSPS) is 12.5. The van der Waals surface area contributed by atoms with E-state index in [0.717, 1.165) is 6.42 Å². The van der Waals surface area contributed by atoms with Crippen LogP contribution in [-0.2, 0) is 6.42 Å². The van der Waals surface area contributed by atoms with Gasteiger partial charge in [-0.1, -0.05) is 233 Å². The van der Waals surface area contributed by atoms with E-state index in [0.29, 0.717) is 11.8 Å². The molecule has 0 bridgehead atoms. The van der Waals surface area contributed by atoms with E-state index in [-0.39, 0.29) is 0 Å². The molecule has 0 spiro atoms. The summed E-state index contributed by atoms with van der Waals surface area (Å²) in [6.07, 6.45) is 11.3. The Hall–Kier alpha value is -5.46. The molecular weight excluding hydrogens is 673 g/mol. The molecule has 288 valence electrons. The first-order chi connectivity index (χ1) is 27.3. The van der Waals surface area contributed by atoms with E-state index in [2.05, 4.69) is 205 Å². The van der Waals surface area contributed by atoms with Crippen LogP contribution in [0.2, 0.25) is 0 Å². The van der Waals surface area contributed by atoms with Gasteiger partial charge in [-0.05, 0) is 108 Å². The van der Waals surface area contributed by atoms with Crippen molar-refractivity contribution in [1.82, 2.24) is 0 Å². The van der Waals surface area contributed by atoms with E-state index in [1.807, 2.05) is 32.0 Å². The van der Waals surface area contributed by atoms with Crippen molar-refractivity contribution >= 4 is 21.5 Å². The van der Waals surface area contributed by atoms with Crippen LogP contribution in [0.5, 0.6) is 0 Å². The van der Waals surface area contributed by atoms with Crippen molar-refractivity contribution < 1.29 is 0 Å². The number of hydrogen-bond acceptors (Lipinski definition) is 0. The average Bonchev–Trinajstić information content (AvgIpc) is 3.25.